The monoisotopic (exact) mass is 289 g/mol. The van der Waals surface area contributed by atoms with Gasteiger partial charge in [-0.25, -0.2) is 4.98 Å². The Bertz CT molecular complexity index is 605. The van der Waals surface area contributed by atoms with Crippen molar-refractivity contribution in [2.75, 3.05) is 33.9 Å². The zero-order chi connectivity index (χ0) is 15.1. The molecule has 0 unspecified atom stereocenters. The molecule has 6 heteroatoms. The van der Waals surface area contributed by atoms with Gasteiger partial charge in [0.25, 0.3) is 0 Å². The van der Waals surface area contributed by atoms with Gasteiger partial charge in [0.2, 0.25) is 0 Å². The zero-order valence-corrected chi connectivity index (χ0v) is 12.9. The highest BCUT2D eigenvalue weighted by molar-refractivity contribution is 5.79. The van der Waals surface area contributed by atoms with Crippen LogP contribution in [0.15, 0.2) is 29.3 Å². The van der Waals surface area contributed by atoms with Crippen LogP contribution in [0.4, 0.5) is 0 Å². The summed E-state index contributed by atoms with van der Waals surface area (Å²) < 4.78 is 7.22. The van der Waals surface area contributed by atoms with Crippen molar-refractivity contribution < 1.29 is 4.74 Å². The molecule has 0 aliphatic rings. The standard InChI is InChI=1S/C15H23N5O/c1-12-19-13-6-4-5-7-14(13)20(12)10-8-17-15(16-2)18-9-11-21-3/h4-7H,8-11H2,1-3H3,(H2,16,17,18). The number of nitrogens with zero attached hydrogens (tertiary/aromatic N) is 3. The number of nitrogens with one attached hydrogen (secondary N) is 2. The average molecular weight is 289 g/mol. The van der Waals surface area contributed by atoms with E-state index in [0.717, 1.165) is 36.9 Å². The number of imidazole rings is 1. The molecule has 0 amide bonds. The van der Waals surface area contributed by atoms with Gasteiger partial charge in [0.1, 0.15) is 5.82 Å². The van der Waals surface area contributed by atoms with E-state index >= 15 is 0 Å². The van der Waals surface area contributed by atoms with E-state index in [-0.39, 0.29) is 0 Å². The van der Waals surface area contributed by atoms with Crippen molar-refractivity contribution in [3.05, 3.63) is 30.1 Å². The van der Waals surface area contributed by atoms with Crippen molar-refractivity contribution in [2.24, 2.45) is 4.99 Å². The van der Waals surface area contributed by atoms with E-state index in [9.17, 15) is 0 Å². The Hall–Kier alpha value is -2.08. The summed E-state index contributed by atoms with van der Waals surface area (Å²) in [7, 11) is 3.45. The molecular formula is C15H23N5O. The molecule has 0 atom stereocenters. The summed E-state index contributed by atoms with van der Waals surface area (Å²) in [4.78, 5) is 8.74. The fraction of sp³-hybridized carbons (Fsp3) is 0.467. The lowest BCUT2D eigenvalue weighted by atomic mass is 10.3. The van der Waals surface area contributed by atoms with Gasteiger partial charge in [-0.2, -0.15) is 0 Å². The van der Waals surface area contributed by atoms with Crippen LogP contribution in [0.25, 0.3) is 11.0 Å². The third-order valence-electron chi connectivity index (χ3n) is 3.30. The van der Waals surface area contributed by atoms with Crippen molar-refractivity contribution >= 4 is 17.0 Å². The fourth-order valence-corrected chi connectivity index (χ4v) is 2.26. The number of hydrogen-bond donors (Lipinski definition) is 2. The first kappa shape index (κ1) is 15.3. The molecule has 0 aliphatic heterocycles. The van der Waals surface area contributed by atoms with Crippen LogP contribution >= 0.6 is 0 Å². The Kier molecular flexibility index (Phi) is 5.57. The minimum absolute atomic E-state index is 0.659. The lowest BCUT2D eigenvalue weighted by molar-refractivity contribution is 0.203. The molecule has 0 saturated heterocycles. The van der Waals surface area contributed by atoms with E-state index in [1.54, 1.807) is 14.2 Å². The highest BCUT2D eigenvalue weighted by Crippen LogP contribution is 2.14. The van der Waals surface area contributed by atoms with Gasteiger partial charge in [-0.05, 0) is 19.1 Å². The van der Waals surface area contributed by atoms with Gasteiger partial charge < -0.3 is 19.9 Å². The Balaban J connectivity index is 1.91. The van der Waals surface area contributed by atoms with Gasteiger partial charge in [0, 0.05) is 33.8 Å². The van der Waals surface area contributed by atoms with Crippen molar-refractivity contribution in [2.45, 2.75) is 13.5 Å². The molecule has 0 aliphatic carbocycles. The van der Waals surface area contributed by atoms with Crippen molar-refractivity contribution in [1.82, 2.24) is 20.2 Å². The van der Waals surface area contributed by atoms with E-state index in [2.05, 4.69) is 31.2 Å². The molecular weight excluding hydrogens is 266 g/mol. The molecule has 1 aromatic heterocycles. The molecule has 2 N–H and O–H groups in total. The van der Waals surface area contributed by atoms with Crippen LogP contribution in [0.1, 0.15) is 5.82 Å². The quantitative estimate of drug-likeness (QED) is 0.476. The topological polar surface area (TPSA) is 63.5 Å². The van der Waals surface area contributed by atoms with Crippen LogP contribution in [-0.2, 0) is 11.3 Å². The summed E-state index contributed by atoms with van der Waals surface area (Å²) in [5.74, 6) is 1.81. The number of fused-ring (bicyclic) bond motifs is 1. The normalized spacial score (nSPS) is 11.9. The van der Waals surface area contributed by atoms with Crippen LogP contribution < -0.4 is 10.6 Å². The van der Waals surface area contributed by atoms with Crippen molar-refractivity contribution in [1.29, 1.82) is 0 Å². The smallest absolute Gasteiger partial charge is 0.191 e. The Morgan fingerprint density at radius 2 is 2.05 bits per heavy atom. The molecule has 21 heavy (non-hydrogen) atoms. The lowest BCUT2D eigenvalue weighted by Gasteiger charge is -2.12. The first-order valence-corrected chi connectivity index (χ1v) is 7.11. The maximum atomic E-state index is 5.01. The summed E-state index contributed by atoms with van der Waals surface area (Å²) in [5.41, 5.74) is 2.21. The summed E-state index contributed by atoms with van der Waals surface area (Å²) in [6.07, 6.45) is 0. The second-order valence-corrected chi connectivity index (χ2v) is 4.72. The molecule has 2 rings (SSSR count). The molecule has 1 aromatic carbocycles. The van der Waals surface area contributed by atoms with E-state index in [1.165, 1.54) is 5.52 Å². The van der Waals surface area contributed by atoms with Gasteiger partial charge in [0.15, 0.2) is 5.96 Å². The third kappa shape index (κ3) is 3.95. The molecule has 6 nitrogen and oxygen atoms in total. The SMILES string of the molecule is CN=C(NCCOC)NCCn1c(C)nc2ccccc21. The largest absolute Gasteiger partial charge is 0.383 e. The maximum absolute atomic E-state index is 5.01. The van der Waals surface area contributed by atoms with Gasteiger partial charge >= 0.3 is 0 Å². The van der Waals surface area contributed by atoms with Gasteiger partial charge in [0.05, 0.1) is 17.6 Å². The van der Waals surface area contributed by atoms with E-state index in [1.807, 2.05) is 25.1 Å². The molecule has 2 aromatic rings. The Morgan fingerprint density at radius 3 is 2.81 bits per heavy atom. The zero-order valence-electron chi connectivity index (χ0n) is 12.9. The first-order chi connectivity index (χ1) is 10.3. The number of methoxy groups -OCH3 is 1. The highest BCUT2D eigenvalue weighted by Gasteiger charge is 2.06. The molecule has 0 radical (unpaired) electrons. The number of benzene rings is 1. The summed E-state index contributed by atoms with van der Waals surface area (Å²) >= 11 is 0. The number of rotatable bonds is 6. The second kappa shape index (κ2) is 7.64. The van der Waals surface area contributed by atoms with Gasteiger partial charge in [-0.1, -0.05) is 12.1 Å². The van der Waals surface area contributed by atoms with Gasteiger partial charge in [-0.15, -0.1) is 0 Å². The highest BCUT2D eigenvalue weighted by atomic mass is 16.5. The minimum atomic E-state index is 0.659. The Morgan fingerprint density at radius 1 is 1.29 bits per heavy atom. The Labute approximate surface area is 125 Å². The number of hydrogen-bond acceptors (Lipinski definition) is 3. The summed E-state index contributed by atoms with van der Waals surface area (Å²) in [5, 5.41) is 6.48. The maximum Gasteiger partial charge on any atom is 0.191 e. The molecule has 0 bridgehead atoms. The lowest BCUT2D eigenvalue weighted by Crippen LogP contribution is -2.40. The molecule has 1 heterocycles. The van der Waals surface area contributed by atoms with E-state index in [0.29, 0.717) is 6.61 Å². The van der Waals surface area contributed by atoms with Crippen molar-refractivity contribution in [3.63, 3.8) is 0 Å². The van der Waals surface area contributed by atoms with Crippen molar-refractivity contribution in [3.8, 4) is 0 Å². The molecule has 114 valence electrons. The number of guanidine groups is 1. The van der Waals surface area contributed by atoms with Crippen LogP contribution in [0.5, 0.6) is 0 Å². The number of aliphatic imine (C=N–C) groups is 1. The number of aryl methyl sites for hydroxylation is 1. The predicted octanol–water partition coefficient (Wildman–Crippen LogP) is 1.16. The van der Waals surface area contributed by atoms with Gasteiger partial charge in [-0.3, -0.25) is 4.99 Å². The minimum Gasteiger partial charge on any atom is -0.383 e. The molecule has 0 spiro atoms. The van der Waals surface area contributed by atoms with Crippen LogP contribution in [0, 0.1) is 6.92 Å². The fourth-order valence-electron chi connectivity index (χ4n) is 2.26. The van der Waals surface area contributed by atoms with Crippen LogP contribution in [-0.4, -0.2) is 49.4 Å². The number of ether oxygens (including phenoxy) is 1. The predicted molar refractivity (Wildman–Crippen MR) is 85.7 cm³/mol. The third-order valence-corrected chi connectivity index (χ3v) is 3.30. The molecule has 0 saturated carbocycles. The number of aromatic nitrogens is 2. The summed E-state index contributed by atoms with van der Waals surface area (Å²) in [6, 6.07) is 8.19. The van der Waals surface area contributed by atoms with E-state index < -0.39 is 0 Å². The van der Waals surface area contributed by atoms with E-state index in [4.69, 9.17) is 4.74 Å². The first-order valence-electron chi connectivity index (χ1n) is 7.11. The van der Waals surface area contributed by atoms with Crippen LogP contribution in [0.3, 0.4) is 0 Å². The average Bonchev–Trinajstić information content (AvgIpc) is 2.82. The summed E-state index contributed by atoms with van der Waals surface area (Å²) in [6.45, 7) is 5.06. The second-order valence-electron chi connectivity index (χ2n) is 4.72. The van der Waals surface area contributed by atoms with Crippen LogP contribution in [0.2, 0.25) is 0 Å². The number of para-hydroxylation sites is 2. The molecule has 0 fully saturated rings.